The van der Waals surface area contributed by atoms with Crippen molar-refractivity contribution in [3.8, 4) is 5.75 Å². The van der Waals surface area contributed by atoms with Gasteiger partial charge in [-0.1, -0.05) is 44.2 Å². The average Bonchev–Trinajstić information content (AvgIpc) is 2.77. The summed E-state index contributed by atoms with van der Waals surface area (Å²) in [4.78, 5) is 13.0. The first kappa shape index (κ1) is 22.7. The van der Waals surface area contributed by atoms with Crippen LogP contribution in [0.5, 0.6) is 5.75 Å². The van der Waals surface area contributed by atoms with Crippen molar-refractivity contribution < 1.29 is 9.90 Å². The van der Waals surface area contributed by atoms with Crippen molar-refractivity contribution >= 4 is 11.6 Å². The van der Waals surface area contributed by atoms with Gasteiger partial charge in [-0.15, -0.1) is 0 Å². The van der Waals surface area contributed by atoms with Crippen LogP contribution in [0.25, 0.3) is 0 Å². The van der Waals surface area contributed by atoms with Gasteiger partial charge in [-0.3, -0.25) is 4.79 Å². The average molecular weight is 436 g/mol. The minimum atomic E-state index is -0.624. The second-order valence-electron chi connectivity index (χ2n) is 9.78. The molecule has 32 heavy (non-hydrogen) atoms. The smallest absolute Gasteiger partial charge is 0.237 e. The summed E-state index contributed by atoms with van der Waals surface area (Å²) in [6.45, 7) is 4.73. The van der Waals surface area contributed by atoms with E-state index in [1.54, 1.807) is 12.1 Å². The van der Waals surface area contributed by atoms with Gasteiger partial charge in [-0.2, -0.15) is 0 Å². The van der Waals surface area contributed by atoms with Crippen molar-refractivity contribution in [2.75, 3.05) is 11.9 Å². The van der Waals surface area contributed by atoms with Gasteiger partial charge < -0.3 is 21.5 Å². The predicted molar refractivity (Wildman–Crippen MR) is 130 cm³/mol. The molecule has 5 N–H and O–H groups in total. The van der Waals surface area contributed by atoms with Crippen LogP contribution in [0.4, 0.5) is 5.69 Å². The van der Waals surface area contributed by atoms with Crippen molar-refractivity contribution in [3.63, 3.8) is 0 Å². The largest absolute Gasteiger partial charge is 0.508 e. The topological polar surface area (TPSA) is 87.4 Å². The Hall–Kier alpha value is -2.53. The molecule has 0 saturated heterocycles. The Bertz CT molecular complexity index is 942. The second kappa shape index (κ2) is 9.95. The highest BCUT2D eigenvalue weighted by Crippen LogP contribution is 2.33. The Kier molecular flexibility index (Phi) is 7.04. The molecule has 0 spiro atoms. The van der Waals surface area contributed by atoms with E-state index in [0.717, 1.165) is 47.7 Å². The first-order valence-corrected chi connectivity index (χ1v) is 12.1. The van der Waals surface area contributed by atoms with E-state index < -0.39 is 6.04 Å². The van der Waals surface area contributed by atoms with Gasteiger partial charge in [0.1, 0.15) is 5.75 Å². The Balaban J connectivity index is 1.44. The van der Waals surface area contributed by atoms with Crippen LogP contribution in [0.1, 0.15) is 72.4 Å². The van der Waals surface area contributed by atoms with E-state index in [2.05, 4.69) is 28.8 Å². The molecule has 0 radical (unpaired) electrons. The molecule has 1 heterocycles. The summed E-state index contributed by atoms with van der Waals surface area (Å²) >= 11 is 0. The zero-order valence-corrected chi connectivity index (χ0v) is 19.4. The lowest BCUT2D eigenvalue weighted by Crippen LogP contribution is -2.44. The molecule has 2 atom stereocenters. The molecule has 4 rings (SSSR count). The number of benzene rings is 2. The van der Waals surface area contributed by atoms with E-state index in [9.17, 15) is 9.90 Å². The number of nitrogens with one attached hydrogen (secondary N) is 2. The van der Waals surface area contributed by atoms with Crippen LogP contribution < -0.4 is 16.4 Å². The third kappa shape index (κ3) is 5.26. The molecular formula is C27H37N3O2. The lowest BCUT2D eigenvalue weighted by molar-refractivity contribution is -0.123. The van der Waals surface area contributed by atoms with Gasteiger partial charge in [0.2, 0.25) is 5.91 Å². The van der Waals surface area contributed by atoms with E-state index in [-0.39, 0.29) is 17.7 Å². The number of hydrogen-bond donors (Lipinski definition) is 4. The number of anilines is 1. The van der Waals surface area contributed by atoms with Crippen LogP contribution in [0.15, 0.2) is 30.3 Å². The SMILES string of the molecule is Cc1cc(O)cc(C)c1C[C@H](N)C(=O)N[C@@H]1CCNc2ccc(CC3CCCCC3)cc21. The molecule has 1 aliphatic heterocycles. The van der Waals surface area contributed by atoms with Gasteiger partial charge in [0, 0.05) is 12.2 Å². The highest BCUT2D eigenvalue weighted by Gasteiger charge is 2.25. The highest BCUT2D eigenvalue weighted by atomic mass is 16.3. The molecule has 0 aromatic heterocycles. The molecule has 1 amide bonds. The monoisotopic (exact) mass is 435 g/mol. The minimum Gasteiger partial charge on any atom is -0.508 e. The number of phenolic OH excluding ortho intramolecular Hbond substituents is 1. The number of hydrogen-bond acceptors (Lipinski definition) is 4. The molecule has 5 heteroatoms. The van der Waals surface area contributed by atoms with Crippen molar-refractivity contribution in [2.45, 2.75) is 77.3 Å². The molecule has 1 aliphatic carbocycles. The van der Waals surface area contributed by atoms with Crippen LogP contribution in [0, 0.1) is 19.8 Å². The molecule has 0 bridgehead atoms. The van der Waals surface area contributed by atoms with Gasteiger partial charge in [0.25, 0.3) is 0 Å². The van der Waals surface area contributed by atoms with E-state index in [0.29, 0.717) is 6.42 Å². The third-order valence-corrected chi connectivity index (χ3v) is 7.25. The Morgan fingerprint density at radius 3 is 2.56 bits per heavy atom. The van der Waals surface area contributed by atoms with E-state index in [1.165, 1.54) is 43.2 Å². The Morgan fingerprint density at radius 2 is 1.84 bits per heavy atom. The summed E-state index contributed by atoms with van der Waals surface area (Å²) in [6, 6.07) is 9.52. The summed E-state index contributed by atoms with van der Waals surface area (Å²) < 4.78 is 0. The van der Waals surface area contributed by atoms with Gasteiger partial charge in [-0.05, 0) is 85.0 Å². The summed E-state index contributed by atoms with van der Waals surface area (Å²) in [6.07, 6.45) is 9.20. The lowest BCUT2D eigenvalue weighted by atomic mass is 9.84. The number of carbonyl (C=O) groups is 1. The lowest BCUT2D eigenvalue weighted by Gasteiger charge is -2.30. The standard InChI is InChI=1S/C27H37N3O2/c1-17-12-21(31)13-18(2)22(17)16-24(28)27(32)30-26-10-11-29-25-9-8-20(15-23(25)26)14-19-6-4-3-5-7-19/h8-9,12-13,15,19,24,26,29,31H,3-7,10-11,14,16,28H2,1-2H3,(H,30,32)/t24-,26+/m0/s1. The molecule has 172 valence electrons. The number of phenols is 1. The number of rotatable bonds is 6. The Morgan fingerprint density at radius 1 is 1.12 bits per heavy atom. The van der Waals surface area contributed by atoms with E-state index in [1.807, 2.05) is 13.8 Å². The normalized spacial score (nSPS) is 19.7. The maximum Gasteiger partial charge on any atom is 0.237 e. The van der Waals surface area contributed by atoms with Crippen LogP contribution in [-0.2, 0) is 17.6 Å². The zero-order valence-electron chi connectivity index (χ0n) is 19.4. The summed E-state index contributed by atoms with van der Waals surface area (Å²) in [7, 11) is 0. The number of fused-ring (bicyclic) bond motifs is 1. The maximum absolute atomic E-state index is 13.0. The van der Waals surface area contributed by atoms with E-state index >= 15 is 0 Å². The van der Waals surface area contributed by atoms with Crippen molar-refractivity contribution in [2.24, 2.45) is 11.7 Å². The van der Waals surface area contributed by atoms with Crippen molar-refractivity contribution in [1.82, 2.24) is 5.32 Å². The molecular weight excluding hydrogens is 398 g/mol. The molecule has 2 aliphatic rings. The molecule has 2 aromatic rings. The molecule has 1 fully saturated rings. The summed E-state index contributed by atoms with van der Waals surface area (Å²) in [5, 5.41) is 16.5. The van der Waals surface area contributed by atoms with Gasteiger partial charge >= 0.3 is 0 Å². The summed E-state index contributed by atoms with van der Waals surface area (Å²) in [5.41, 5.74) is 13.0. The number of amides is 1. The van der Waals surface area contributed by atoms with Gasteiger partial charge in [-0.25, -0.2) is 0 Å². The van der Waals surface area contributed by atoms with Crippen molar-refractivity contribution in [3.05, 3.63) is 58.1 Å². The zero-order chi connectivity index (χ0) is 22.7. The third-order valence-electron chi connectivity index (χ3n) is 7.25. The van der Waals surface area contributed by atoms with Crippen LogP contribution in [0.2, 0.25) is 0 Å². The van der Waals surface area contributed by atoms with Gasteiger partial charge in [0.15, 0.2) is 0 Å². The fraction of sp³-hybridized carbons (Fsp3) is 0.519. The molecule has 5 nitrogen and oxygen atoms in total. The first-order chi connectivity index (χ1) is 15.4. The number of aryl methyl sites for hydroxylation is 2. The fourth-order valence-corrected chi connectivity index (χ4v) is 5.45. The van der Waals surface area contributed by atoms with Crippen LogP contribution in [0.3, 0.4) is 0 Å². The molecule has 1 saturated carbocycles. The number of carbonyl (C=O) groups excluding carboxylic acids is 1. The Labute approximate surface area is 191 Å². The predicted octanol–water partition coefficient (Wildman–Crippen LogP) is 4.67. The highest BCUT2D eigenvalue weighted by molar-refractivity contribution is 5.82. The maximum atomic E-state index is 13.0. The second-order valence-corrected chi connectivity index (χ2v) is 9.78. The quantitative estimate of drug-likeness (QED) is 0.531. The fourth-order valence-electron chi connectivity index (χ4n) is 5.45. The van der Waals surface area contributed by atoms with Gasteiger partial charge in [0.05, 0.1) is 12.1 Å². The summed E-state index contributed by atoms with van der Waals surface area (Å²) in [5.74, 6) is 0.918. The van der Waals surface area contributed by atoms with Crippen LogP contribution in [-0.4, -0.2) is 23.6 Å². The first-order valence-electron chi connectivity index (χ1n) is 12.1. The molecule has 0 unspecified atom stereocenters. The molecule has 2 aromatic carbocycles. The van der Waals surface area contributed by atoms with E-state index in [4.69, 9.17) is 5.73 Å². The van der Waals surface area contributed by atoms with Crippen molar-refractivity contribution in [1.29, 1.82) is 0 Å². The number of aromatic hydroxyl groups is 1. The number of nitrogens with two attached hydrogens (primary N) is 1. The van der Waals surface area contributed by atoms with Crippen LogP contribution >= 0.6 is 0 Å². The minimum absolute atomic E-state index is 0.0156.